The number of alkyl halides is 2. The molecule has 1 fully saturated rings. The Morgan fingerprint density at radius 1 is 1.29 bits per heavy atom. The first-order valence-corrected chi connectivity index (χ1v) is 8.64. The van der Waals surface area contributed by atoms with Gasteiger partial charge in [-0.05, 0) is 55.7 Å². The van der Waals surface area contributed by atoms with E-state index in [1.54, 1.807) is 24.3 Å². The lowest BCUT2D eigenvalue weighted by Gasteiger charge is -2.31. The van der Waals surface area contributed by atoms with Crippen LogP contribution >= 0.6 is 0 Å². The first-order chi connectivity index (χ1) is 13.3. The number of hydrogen-bond acceptors (Lipinski definition) is 5. The molecule has 0 aromatic heterocycles. The number of ketones is 1. The first kappa shape index (κ1) is 19.5. The van der Waals surface area contributed by atoms with Crippen LogP contribution < -0.4 is 16.5 Å². The zero-order valence-electron chi connectivity index (χ0n) is 15.3. The molecule has 6 nitrogen and oxygen atoms in total. The predicted octanol–water partition coefficient (Wildman–Crippen LogP) is 3.20. The Kier molecular flexibility index (Phi) is 5.41. The monoisotopic (exact) mass is 386 g/mol. The molecule has 3 rings (SSSR count). The average Bonchev–Trinajstić information content (AvgIpc) is 3.49. The van der Waals surface area contributed by atoms with E-state index in [-0.39, 0.29) is 17.2 Å². The molecule has 0 radical (unpaired) electrons. The number of anilines is 1. The van der Waals surface area contributed by atoms with Gasteiger partial charge in [-0.15, -0.1) is 0 Å². The van der Waals surface area contributed by atoms with E-state index in [1.807, 2.05) is 0 Å². The van der Waals surface area contributed by atoms with Gasteiger partial charge in [-0.1, -0.05) is 12.7 Å². The highest BCUT2D eigenvalue weighted by atomic mass is 19.3. The molecule has 0 atom stereocenters. The number of nitrogens with two attached hydrogens (primary N) is 1. The summed E-state index contributed by atoms with van der Waals surface area (Å²) in [6.07, 6.45) is 1.38. The smallest absolute Gasteiger partial charge is 0.280 e. The Morgan fingerprint density at radius 3 is 2.43 bits per heavy atom. The minimum atomic E-state index is -2.80. The molecule has 8 heteroatoms. The van der Waals surface area contributed by atoms with Crippen LogP contribution in [-0.2, 0) is 4.79 Å². The molecule has 1 aliphatic carbocycles. The topological polar surface area (TPSA) is 87.5 Å². The van der Waals surface area contributed by atoms with Crippen LogP contribution in [0.2, 0.25) is 0 Å². The molecule has 0 spiro atoms. The molecule has 0 saturated heterocycles. The summed E-state index contributed by atoms with van der Waals surface area (Å²) in [6, 6.07) is 6.33. The molecule has 146 valence electrons. The van der Waals surface area contributed by atoms with Crippen molar-refractivity contribution in [2.24, 2.45) is 5.84 Å². The molecule has 0 unspecified atom stereocenters. The van der Waals surface area contributed by atoms with E-state index in [4.69, 9.17) is 5.84 Å². The molecule has 1 aliphatic heterocycles. The number of nitrogens with zero attached hydrogens (tertiary/aromatic N) is 1. The van der Waals surface area contributed by atoms with Crippen molar-refractivity contribution in [1.82, 2.24) is 10.3 Å². The summed E-state index contributed by atoms with van der Waals surface area (Å²) in [5.41, 5.74) is 2.09. The Bertz CT molecular complexity index is 924. The standard InChI is InChI=1S/C20H20F2N4O2/c1-3-15(20(28)24-14-8-6-12(7-9-14)11(2)27)19-25-16(13-4-5-13)10-17(18(21)22)26(19)23/h3,6-10,18,25H,1,4-5,23H2,2H3,(H,24,28)/b19-15+. The summed E-state index contributed by atoms with van der Waals surface area (Å²) < 4.78 is 26.8. The van der Waals surface area contributed by atoms with Gasteiger partial charge in [-0.3, -0.25) is 14.6 Å². The van der Waals surface area contributed by atoms with E-state index >= 15 is 0 Å². The number of benzene rings is 1. The largest absolute Gasteiger partial charge is 0.340 e. The number of Topliss-reactive ketones (excluding diaryl/α,β-unsaturated/α-hetero) is 1. The van der Waals surface area contributed by atoms with E-state index < -0.39 is 18.0 Å². The molecule has 28 heavy (non-hydrogen) atoms. The molecule has 1 aromatic carbocycles. The summed E-state index contributed by atoms with van der Waals surface area (Å²) in [4.78, 5) is 24.1. The maximum absolute atomic E-state index is 13.4. The maximum Gasteiger partial charge on any atom is 0.280 e. The van der Waals surface area contributed by atoms with Crippen LogP contribution in [0.3, 0.4) is 0 Å². The number of carbonyl (C=O) groups is 2. The average molecular weight is 386 g/mol. The zero-order chi connectivity index (χ0) is 20.4. The zero-order valence-corrected chi connectivity index (χ0v) is 15.3. The summed E-state index contributed by atoms with van der Waals surface area (Å²) in [5.74, 6) is 5.21. The Balaban J connectivity index is 1.91. The summed E-state index contributed by atoms with van der Waals surface area (Å²) in [7, 11) is 0. The number of amides is 1. The van der Waals surface area contributed by atoms with Crippen molar-refractivity contribution in [1.29, 1.82) is 0 Å². The van der Waals surface area contributed by atoms with Gasteiger partial charge in [0.25, 0.3) is 12.3 Å². The normalized spacial score (nSPS) is 17.8. The second-order valence-corrected chi connectivity index (χ2v) is 6.44. The summed E-state index contributed by atoms with van der Waals surface area (Å²) >= 11 is 0. The number of hydrogen-bond donors (Lipinski definition) is 3. The number of carbonyl (C=O) groups excluding carboxylic acids is 2. The highest BCUT2D eigenvalue weighted by molar-refractivity contribution is 6.06. The lowest BCUT2D eigenvalue weighted by atomic mass is 10.1. The van der Waals surface area contributed by atoms with E-state index in [0.29, 0.717) is 16.9 Å². The van der Waals surface area contributed by atoms with Crippen LogP contribution in [0.4, 0.5) is 14.5 Å². The van der Waals surface area contributed by atoms with E-state index in [0.717, 1.165) is 23.4 Å². The Morgan fingerprint density at radius 2 is 1.93 bits per heavy atom. The predicted molar refractivity (Wildman–Crippen MR) is 102 cm³/mol. The highest BCUT2D eigenvalue weighted by Gasteiger charge is 2.31. The van der Waals surface area contributed by atoms with Crippen molar-refractivity contribution in [3.63, 3.8) is 0 Å². The van der Waals surface area contributed by atoms with Crippen LogP contribution in [0.25, 0.3) is 0 Å². The van der Waals surface area contributed by atoms with Gasteiger partial charge in [0.15, 0.2) is 5.78 Å². The fourth-order valence-electron chi connectivity index (χ4n) is 2.74. The minimum absolute atomic E-state index is 0.0168. The summed E-state index contributed by atoms with van der Waals surface area (Å²) in [6.45, 7) is 5.06. The van der Waals surface area contributed by atoms with Crippen LogP contribution in [0, 0.1) is 0 Å². The SMILES string of the molecule is C=C/C(C(=O)Nc1ccc(C(C)=O)cc1)=C1/NC(=C2CC2)C=C(C(F)F)N1N. The van der Waals surface area contributed by atoms with Crippen molar-refractivity contribution in [2.45, 2.75) is 26.2 Å². The van der Waals surface area contributed by atoms with Gasteiger partial charge in [0, 0.05) is 16.9 Å². The maximum atomic E-state index is 13.4. The minimum Gasteiger partial charge on any atom is -0.340 e. The van der Waals surface area contributed by atoms with Gasteiger partial charge in [0.2, 0.25) is 0 Å². The number of allylic oxidation sites excluding steroid dienone is 3. The van der Waals surface area contributed by atoms with Gasteiger partial charge in [-0.2, -0.15) is 0 Å². The van der Waals surface area contributed by atoms with E-state index in [2.05, 4.69) is 17.2 Å². The van der Waals surface area contributed by atoms with Crippen molar-refractivity contribution < 1.29 is 18.4 Å². The molecule has 1 aromatic rings. The van der Waals surface area contributed by atoms with Gasteiger partial charge in [0.05, 0.1) is 5.57 Å². The second kappa shape index (κ2) is 7.77. The Labute approximate surface area is 161 Å². The van der Waals surface area contributed by atoms with E-state index in [9.17, 15) is 18.4 Å². The third-order valence-corrected chi connectivity index (χ3v) is 4.42. The number of nitrogens with one attached hydrogen (secondary N) is 2. The molecule has 1 saturated carbocycles. The molecule has 2 aliphatic rings. The first-order valence-electron chi connectivity index (χ1n) is 8.64. The van der Waals surface area contributed by atoms with Crippen molar-refractivity contribution in [3.8, 4) is 0 Å². The number of halogens is 2. The van der Waals surface area contributed by atoms with Crippen molar-refractivity contribution in [2.75, 3.05) is 5.32 Å². The van der Waals surface area contributed by atoms with Gasteiger partial charge >= 0.3 is 0 Å². The van der Waals surface area contributed by atoms with Crippen LogP contribution in [0.15, 0.2) is 71.4 Å². The molecule has 4 N–H and O–H groups in total. The lowest BCUT2D eigenvalue weighted by Crippen LogP contribution is -2.43. The third-order valence-electron chi connectivity index (χ3n) is 4.42. The second-order valence-electron chi connectivity index (χ2n) is 6.44. The highest BCUT2D eigenvalue weighted by Crippen LogP contribution is 2.35. The quantitative estimate of drug-likeness (QED) is 0.411. The van der Waals surface area contributed by atoms with Gasteiger partial charge < -0.3 is 10.6 Å². The molecular weight excluding hydrogens is 366 g/mol. The summed E-state index contributed by atoms with van der Waals surface area (Å²) in [5, 5.41) is 6.39. The van der Waals surface area contributed by atoms with Crippen molar-refractivity contribution >= 4 is 17.4 Å². The molecule has 1 amide bonds. The van der Waals surface area contributed by atoms with Crippen LogP contribution in [0.1, 0.15) is 30.1 Å². The number of hydrazine groups is 1. The molecule has 0 bridgehead atoms. The fraction of sp³-hybridized carbons (Fsp3) is 0.200. The molecular formula is C20H20F2N4O2. The van der Waals surface area contributed by atoms with Crippen molar-refractivity contribution in [3.05, 3.63) is 76.9 Å². The fourth-order valence-corrected chi connectivity index (χ4v) is 2.74. The van der Waals surface area contributed by atoms with Crippen LogP contribution in [-0.4, -0.2) is 23.1 Å². The number of rotatable bonds is 5. The third kappa shape index (κ3) is 4.01. The molecule has 1 heterocycles. The van der Waals surface area contributed by atoms with Crippen LogP contribution in [0.5, 0.6) is 0 Å². The van der Waals surface area contributed by atoms with Gasteiger partial charge in [-0.25, -0.2) is 14.6 Å². The van der Waals surface area contributed by atoms with Gasteiger partial charge in [0.1, 0.15) is 11.5 Å². The lowest BCUT2D eigenvalue weighted by molar-refractivity contribution is -0.112. The van der Waals surface area contributed by atoms with E-state index in [1.165, 1.54) is 19.1 Å². The Hall–Kier alpha value is -3.26.